The third-order valence-electron chi connectivity index (χ3n) is 1.20. The first-order valence-corrected chi connectivity index (χ1v) is 2.96. The third-order valence-corrected chi connectivity index (χ3v) is 1.20. The van der Waals surface area contributed by atoms with Crippen molar-refractivity contribution in [1.29, 1.82) is 0 Å². The predicted octanol–water partition coefficient (Wildman–Crippen LogP) is 0.145. The van der Waals surface area contributed by atoms with Gasteiger partial charge < -0.3 is 5.73 Å². The van der Waals surface area contributed by atoms with Gasteiger partial charge in [-0.2, -0.15) is 0 Å². The zero-order valence-corrected chi connectivity index (χ0v) is 5.36. The van der Waals surface area contributed by atoms with Crippen LogP contribution in [0.1, 0.15) is 19.5 Å². The van der Waals surface area contributed by atoms with E-state index in [1.54, 1.807) is 17.1 Å². The van der Waals surface area contributed by atoms with Crippen LogP contribution in [0, 0.1) is 0 Å². The first kappa shape index (κ1) is 6.22. The molecule has 4 heteroatoms. The van der Waals surface area contributed by atoms with Gasteiger partial charge in [0.15, 0.2) is 0 Å². The average Bonchev–Trinajstić information content (AvgIpc) is 2.37. The molecule has 4 nitrogen and oxygen atoms in total. The van der Waals surface area contributed by atoms with Crippen LogP contribution in [0.15, 0.2) is 12.4 Å². The van der Waals surface area contributed by atoms with Gasteiger partial charge in [-0.05, 0) is 6.42 Å². The topological polar surface area (TPSA) is 56.7 Å². The van der Waals surface area contributed by atoms with E-state index in [9.17, 15) is 0 Å². The summed E-state index contributed by atoms with van der Waals surface area (Å²) in [5.74, 6) is 0. The van der Waals surface area contributed by atoms with E-state index in [-0.39, 0.29) is 6.17 Å². The molecule has 0 aromatic carbocycles. The quantitative estimate of drug-likeness (QED) is 0.613. The van der Waals surface area contributed by atoms with Crippen molar-refractivity contribution in [1.82, 2.24) is 15.0 Å². The summed E-state index contributed by atoms with van der Waals surface area (Å²) in [5.41, 5.74) is 5.60. The maximum Gasteiger partial charge on any atom is 0.100 e. The van der Waals surface area contributed by atoms with Crippen molar-refractivity contribution < 1.29 is 0 Å². The summed E-state index contributed by atoms with van der Waals surface area (Å²) in [5, 5.41) is 7.35. The van der Waals surface area contributed by atoms with Crippen LogP contribution in [0.3, 0.4) is 0 Å². The Morgan fingerprint density at radius 1 is 1.78 bits per heavy atom. The highest BCUT2D eigenvalue weighted by Crippen LogP contribution is 1.97. The van der Waals surface area contributed by atoms with Crippen LogP contribution in [-0.2, 0) is 0 Å². The van der Waals surface area contributed by atoms with Crippen LogP contribution in [0.5, 0.6) is 0 Å². The minimum absolute atomic E-state index is 0.0208. The molecule has 1 unspecified atom stereocenters. The molecule has 0 spiro atoms. The molecule has 9 heavy (non-hydrogen) atoms. The van der Waals surface area contributed by atoms with E-state index in [0.29, 0.717) is 0 Å². The van der Waals surface area contributed by atoms with E-state index in [1.165, 1.54) is 0 Å². The lowest BCUT2D eigenvalue weighted by Crippen LogP contribution is -2.17. The van der Waals surface area contributed by atoms with Crippen molar-refractivity contribution >= 4 is 0 Å². The predicted molar refractivity (Wildman–Crippen MR) is 33.5 cm³/mol. The molecule has 2 N–H and O–H groups in total. The van der Waals surface area contributed by atoms with Crippen LogP contribution in [0.2, 0.25) is 0 Å². The van der Waals surface area contributed by atoms with Crippen molar-refractivity contribution in [3.05, 3.63) is 12.4 Å². The van der Waals surface area contributed by atoms with E-state index in [4.69, 9.17) is 5.73 Å². The Hall–Kier alpha value is -0.900. The maximum atomic E-state index is 5.60. The summed E-state index contributed by atoms with van der Waals surface area (Å²) >= 11 is 0. The molecule has 0 aliphatic carbocycles. The zero-order chi connectivity index (χ0) is 6.69. The maximum absolute atomic E-state index is 5.60. The molecular weight excluding hydrogens is 116 g/mol. The van der Waals surface area contributed by atoms with Gasteiger partial charge in [-0.1, -0.05) is 12.1 Å². The molecule has 0 aliphatic heterocycles. The highest BCUT2D eigenvalue weighted by molar-refractivity contribution is 4.67. The first-order chi connectivity index (χ1) is 4.34. The third kappa shape index (κ3) is 1.26. The van der Waals surface area contributed by atoms with E-state index in [0.717, 1.165) is 6.42 Å². The summed E-state index contributed by atoms with van der Waals surface area (Å²) in [4.78, 5) is 0. The van der Waals surface area contributed by atoms with Gasteiger partial charge in [0.25, 0.3) is 0 Å². The Kier molecular flexibility index (Phi) is 1.79. The van der Waals surface area contributed by atoms with Gasteiger partial charge in [0.2, 0.25) is 0 Å². The number of nitrogens with zero attached hydrogens (tertiary/aromatic N) is 3. The average molecular weight is 126 g/mol. The second-order valence-electron chi connectivity index (χ2n) is 1.86. The normalized spacial score (nSPS) is 13.6. The van der Waals surface area contributed by atoms with Crippen molar-refractivity contribution in [3.63, 3.8) is 0 Å². The summed E-state index contributed by atoms with van der Waals surface area (Å²) in [6.45, 7) is 2.01. The van der Waals surface area contributed by atoms with E-state index < -0.39 is 0 Å². The number of rotatable bonds is 2. The molecule has 0 amide bonds. The fraction of sp³-hybridized carbons (Fsp3) is 0.600. The second-order valence-corrected chi connectivity index (χ2v) is 1.86. The fourth-order valence-corrected chi connectivity index (χ4v) is 0.581. The van der Waals surface area contributed by atoms with Gasteiger partial charge in [-0.25, -0.2) is 4.68 Å². The SMILES string of the molecule is CCC(N)n1ccnn1. The fourth-order valence-electron chi connectivity index (χ4n) is 0.581. The standard InChI is InChI=1S/C5H10N4/c1-2-5(6)9-4-3-7-8-9/h3-5H,2,6H2,1H3. The molecule has 1 atom stereocenters. The van der Waals surface area contributed by atoms with Crippen molar-refractivity contribution in [2.45, 2.75) is 19.5 Å². The lowest BCUT2D eigenvalue weighted by Gasteiger charge is -2.05. The Balaban J connectivity index is 2.65. The van der Waals surface area contributed by atoms with E-state index in [2.05, 4.69) is 10.3 Å². The molecule has 1 aromatic heterocycles. The molecule has 0 saturated heterocycles. The van der Waals surface area contributed by atoms with Crippen molar-refractivity contribution in [2.24, 2.45) is 5.73 Å². The van der Waals surface area contributed by atoms with Crippen LogP contribution in [0.4, 0.5) is 0 Å². The molecule has 0 fully saturated rings. The first-order valence-electron chi connectivity index (χ1n) is 2.96. The molecule has 0 aliphatic rings. The lowest BCUT2D eigenvalue weighted by molar-refractivity contribution is 0.444. The van der Waals surface area contributed by atoms with E-state index in [1.807, 2.05) is 6.92 Å². The molecule has 1 rings (SSSR count). The van der Waals surface area contributed by atoms with Crippen LogP contribution >= 0.6 is 0 Å². The van der Waals surface area contributed by atoms with Crippen molar-refractivity contribution in [3.8, 4) is 0 Å². The largest absolute Gasteiger partial charge is 0.310 e. The Morgan fingerprint density at radius 2 is 2.56 bits per heavy atom. The molecule has 0 saturated carbocycles. The highest BCUT2D eigenvalue weighted by Gasteiger charge is 1.98. The van der Waals surface area contributed by atoms with Gasteiger partial charge >= 0.3 is 0 Å². The van der Waals surface area contributed by atoms with Crippen molar-refractivity contribution in [2.75, 3.05) is 0 Å². The summed E-state index contributed by atoms with van der Waals surface area (Å²) < 4.78 is 1.64. The molecule has 0 radical (unpaired) electrons. The molecule has 1 heterocycles. The minimum Gasteiger partial charge on any atom is -0.310 e. The molecular formula is C5H10N4. The Labute approximate surface area is 53.7 Å². The molecule has 50 valence electrons. The van der Waals surface area contributed by atoms with Gasteiger partial charge in [-0.3, -0.25) is 0 Å². The highest BCUT2D eigenvalue weighted by atomic mass is 15.4. The van der Waals surface area contributed by atoms with Gasteiger partial charge in [0.1, 0.15) is 6.17 Å². The minimum atomic E-state index is -0.0208. The smallest absolute Gasteiger partial charge is 0.100 e. The summed E-state index contributed by atoms with van der Waals surface area (Å²) in [6, 6.07) is 0. The Morgan fingerprint density at radius 3 is 3.00 bits per heavy atom. The monoisotopic (exact) mass is 126 g/mol. The zero-order valence-electron chi connectivity index (χ0n) is 5.36. The Bertz CT molecular complexity index is 157. The number of hydrogen-bond acceptors (Lipinski definition) is 3. The molecule has 0 bridgehead atoms. The van der Waals surface area contributed by atoms with E-state index >= 15 is 0 Å². The van der Waals surface area contributed by atoms with Crippen LogP contribution in [0.25, 0.3) is 0 Å². The van der Waals surface area contributed by atoms with Gasteiger partial charge in [0, 0.05) is 6.20 Å². The van der Waals surface area contributed by atoms with Crippen LogP contribution in [-0.4, -0.2) is 15.0 Å². The lowest BCUT2D eigenvalue weighted by atomic mass is 10.4. The number of hydrogen-bond donors (Lipinski definition) is 1. The van der Waals surface area contributed by atoms with Crippen LogP contribution < -0.4 is 5.73 Å². The van der Waals surface area contributed by atoms with Gasteiger partial charge in [0.05, 0.1) is 6.20 Å². The summed E-state index contributed by atoms with van der Waals surface area (Å²) in [7, 11) is 0. The molecule has 1 aromatic rings. The number of aromatic nitrogens is 3. The van der Waals surface area contributed by atoms with Gasteiger partial charge in [-0.15, -0.1) is 5.10 Å². The summed E-state index contributed by atoms with van der Waals surface area (Å²) in [6.07, 6.45) is 4.24. The second kappa shape index (κ2) is 2.59. The number of nitrogens with two attached hydrogens (primary N) is 1.